The maximum atomic E-state index is 14.8. The van der Waals surface area contributed by atoms with Crippen molar-refractivity contribution in [3.63, 3.8) is 0 Å². The molecular weight excluding hydrogens is 426 g/mol. The number of hydrogen-bond donors (Lipinski definition) is 0. The SMILES string of the molecule is C[C@@H](Cc1ccc(-c2cc(F)c(-c3cc(F)c(C#N)c(F)c3)c(F)c2)cc1)c1ccccc1. The lowest BCUT2D eigenvalue weighted by molar-refractivity contribution is 0.573. The molecule has 4 aromatic rings. The summed E-state index contributed by atoms with van der Waals surface area (Å²) in [7, 11) is 0. The van der Waals surface area contributed by atoms with Crippen LogP contribution in [0.15, 0.2) is 78.9 Å². The Morgan fingerprint density at radius 3 is 1.79 bits per heavy atom. The maximum Gasteiger partial charge on any atom is 0.144 e. The van der Waals surface area contributed by atoms with Crippen molar-refractivity contribution in [2.24, 2.45) is 0 Å². The molecule has 0 aliphatic carbocycles. The fourth-order valence-electron chi connectivity index (χ4n) is 3.93. The van der Waals surface area contributed by atoms with Crippen molar-refractivity contribution in [3.8, 4) is 28.3 Å². The number of benzene rings is 4. The van der Waals surface area contributed by atoms with Crippen molar-refractivity contribution < 1.29 is 17.6 Å². The van der Waals surface area contributed by atoms with Gasteiger partial charge in [0.1, 0.15) is 34.9 Å². The first-order valence-corrected chi connectivity index (χ1v) is 10.4. The Bertz CT molecular complexity index is 1290. The van der Waals surface area contributed by atoms with Gasteiger partial charge < -0.3 is 0 Å². The summed E-state index contributed by atoms with van der Waals surface area (Å²) in [5, 5.41) is 8.78. The van der Waals surface area contributed by atoms with Crippen LogP contribution in [0.4, 0.5) is 17.6 Å². The minimum absolute atomic E-state index is 0.309. The van der Waals surface area contributed by atoms with Crippen molar-refractivity contribution in [2.45, 2.75) is 19.3 Å². The first-order chi connectivity index (χ1) is 15.9. The second-order valence-electron chi connectivity index (χ2n) is 7.95. The van der Waals surface area contributed by atoms with Gasteiger partial charge in [0.05, 0.1) is 5.56 Å². The third kappa shape index (κ3) is 4.65. The van der Waals surface area contributed by atoms with E-state index in [1.54, 1.807) is 12.1 Å². The number of halogens is 4. The van der Waals surface area contributed by atoms with Gasteiger partial charge in [0, 0.05) is 0 Å². The lowest BCUT2D eigenvalue weighted by atomic mass is 9.92. The van der Waals surface area contributed by atoms with E-state index in [1.165, 1.54) is 11.6 Å². The summed E-state index contributed by atoms with van der Waals surface area (Å²) >= 11 is 0. The minimum atomic E-state index is -1.17. The van der Waals surface area contributed by atoms with E-state index in [4.69, 9.17) is 5.26 Å². The molecule has 4 aromatic carbocycles. The van der Waals surface area contributed by atoms with Gasteiger partial charge in [-0.05, 0) is 64.4 Å². The quantitative estimate of drug-likeness (QED) is 0.288. The van der Waals surface area contributed by atoms with Crippen LogP contribution in [-0.2, 0) is 6.42 Å². The molecule has 0 saturated carbocycles. The van der Waals surface area contributed by atoms with Gasteiger partial charge in [-0.2, -0.15) is 5.26 Å². The van der Waals surface area contributed by atoms with Crippen LogP contribution in [0.1, 0.15) is 29.5 Å². The summed E-state index contributed by atoms with van der Waals surface area (Å²) in [5.74, 6) is -3.92. The van der Waals surface area contributed by atoms with Gasteiger partial charge in [-0.25, -0.2) is 17.6 Å². The van der Waals surface area contributed by atoms with Crippen LogP contribution in [0.2, 0.25) is 0 Å². The highest BCUT2D eigenvalue weighted by Crippen LogP contribution is 2.33. The summed E-state index contributed by atoms with van der Waals surface area (Å²) in [6.07, 6.45) is 0.821. The Balaban J connectivity index is 1.60. The Morgan fingerprint density at radius 2 is 1.24 bits per heavy atom. The molecule has 0 N–H and O–H groups in total. The van der Waals surface area contributed by atoms with Gasteiger partial charge in [0.25, 0.3) is 0 Å². The molecule has 0 amide bonds. The summed E-state index contributed by atoms with van der Waals surface area (Å²) in [5.41, 5.74) is 1.61. The van der Waals surface area contributed by atoms with Crippen molar-refractivity contribution in [3.05, 3.63) is 119 Å². The zero-order valence-corrected chi connectivity index (χ0v) is 17.7. The van der Waals surface area contributed by atoms with E-state index in [-0.39, 0.29) is 5.56 Å². The minimum Gasteiger partial charge on any atom is -0.206 e. The van der Waals surface area contributed by atoms with Crippen LogP contribution in [0, 0.1) is 34.6 Å². The predicted octanol–water partition coefficient (Wildman–Crippen LogP) is 7.79. The molecule has 1 nitrogen and oxygen atoms in total. The summed E-state index contributed by atoms with van der Waals surface area (Å²) in [6.45, 7) is 2.14. The van der Waals surface area contributed by atoms with Crippen molar-refractivity contribution in [1.82, 2.24) is 0 Å². The second-order valence-corrected chi connectivity index (χ2v) is 7.95. The van der Waals surface area contributed by atoms with E-state index >= 15 is 0 Å². The van der Waals surface area contributed by atoms with E-state index in [1.807, 2.05) is 30.3 Å². The predicted molar refractivity (Wildman–Crippen MR) is 120 cm³/mol. The summed E-state index contributed by atoms with van der Waals surface area (Å²) < 4.78 is 57.5. The molecule has 0 saturated heterocycles. The fraction of sp³-hybridized carbons (Fsp3) is 0.107. The zero-order valence-electron chi connectivity index (χ0n) is 17.7. The largest absolute Gasteiger partial charge is 0.206 e. The van der Waals surface area contributed by atoms with Crippen LogP contribution >= 0.6 is 0 Å². The average molecular weight is 445 g/mol. The standard InChI is InChI=1S/C28H19F4N/c1-17(19-5-3-2-4-6-19)11-18-7-9-20(10-8-18)21-12-26(31)28(27(32)13-21)22-14-24(29)23(16-33)25(30)15-22/h2-10,12-15,17H,11H2,1H3/t17-/m0/s1. The summed E-state index contributed by atoms with van der Waals surface area (Å²) in [4.78, 5) is 0. The molecule has 4 rings (SSSR count). The Kier molecular flexibility index (Phi) is 6.28. The molecule has 0 fully saturated rings. The van der Waals surface area contributed by atoms with E-state index in [0.29, 0.717) is 17.0 Å². The van der Waals surface area contributed by atoms with Crippen molar-refractivity contribution in [2.75, 3.05) is 0 Å². The van der Waals surface area contributed by atoms with Gasteiger partial charge in [-0.1, -0.05) is 61.5 Å². The molecule has 0 aliphatic heterocycles. The monoisotopic (exact) mass is 445 g/mol. The fourth-order valence-corrected chi connectivity index (χ4v) is 3.93. The molecule has 5 heteroatoms. The third-order valence-corrected chi connectivity index (χ3v) is 5.68. The van der Waals surface area contributed by atoms with Gasteiger partial charge in [0.2, 0.25) is 0 Å². The lowest BCUT2D eigenvalue weighted by Gasteiger charge is -2.13. The highest BCUT2D eigenvalue weighted by atomic mass is 19.1. The van der Waals surface area contributed by atoms with E-state index < -0.39 is 34.4 Å². The number of hydrogen-bond acceptors (Lipinski definition) is 1. The van der Waals surface area contributed by atoms with Crippen LogP contribution in [0.5, 0.6) is 0 Å². The number of nitrogens with zero attached hydrogens (tertiary/aromatic N) is 1. The van der Waals surface area contributed by atoms with E-state index in [2.05, 4.69) is 19.1 Å². The highest BCUT2D eigenvalue weighted by Gasteiger charge is 2.18. The smallest absolute Gasteiger partial charge is 0.144 e. The molecular formula is C28H19F4N. The first-order valence-electron chi connectivity index (χ1n) is 10.4. The van der Waals surface area contributed by atoms with E-state index in [0.717, 1.165) is 36.2 Å². The molecule has 0 spiro atoms. The van der Waals surface area contributed by atoms with Gasteiger partial charge in [0.15, 0.2) is 0 Å². The molecule has 0 bridgehead atoms. The van der Waals surface area contributed by atoms with Crippen molar-refractivity contribution >= 4 is 0 Å². The second kappa shape index (κ2) is 9.30. The third-order valence-electron chi connectivity index (χ3n) is 5.68. The van der Waals surface area contributed by atoms with Gasteiger partial charge in [-0.3, -0.25) is 0 Å². The molecule has 0 unspecified atom stereocenters. The van der Waals surface area contributed by atoms with Crippen LogP contribution in [-0.4, -0.2) is 0 Å². The molecule has 0 heterocycles. The van der Waals surface area contributed by atoms with Gasteiger partial charge in [-0.15, -0.1) is 0 Å². The van der Waals surface area contributed by atoms with Crippen molar-refractivity contribution in [1.29, 1.82) is 5.26 Å². The van der Waals surface area contributed by atoms with E-state index in [9.17, 15) is 17.6 Å². The zero-order chi connectivity index (χ0) is 23.5. The van der Waals surface area contributed by atoms with Crippen LogP contribution in [0.3, 0.4) is 0 Å². The summed E-state index contributed by atoms with van der Waals surface area (Å²) in [6, 6.07) is 22.7. The Labute approximate surface area is 189 Å². The van der Waals surface area contributed by atoms with Crippen LogP contribution < -0.4 is 0 Å². The number of nitriles is 1. The molecule has 0 radical (unpaired) electrons. The van der Waals surface area contributed by atoms with Crippen LogP contribution in [0.25, 0.3) is 22.3 Å². The molecule has 0 aliphatic rings. The Morgan fingerprint density at radius 1 is 0.697 bits per heavy atom. The highest BCUT2D eigenvalue weighted by molar-refractivity contribution is 5.72. The first kappa shape index (κ1) is 22.3. The molecule has 33 heavy (non-hydrogen) atoms. The average Bonchev–Trinajstić information content (AvgIpc) is 2.79. The Hall–Kier alpha value is -3.91. The maximum absolute atomic E-state index is 14.8. The molecule has 164 valence electrons. The number of rotatable bonds is 5. The lowest BCUT2D eigenvalue weighted by Crippen LogP contribution is -1.98. The normalized spacial score (nSPS) is 11.8. The topological polar surface area (TPSA) is 23.8 Å². The molecule has 0 aromatic heterocycles. The van der Waals surface area contributed by atoms with Gasteiger partial charge >= 0.3 is 0 Å². The molecule has 1 atom stereocenters.